The maximum Gasteiger partial charge on any atom is 0.0378 e. The van der Waals surface area contributed by atoms with Crippen LogP contribution in [0.1, 0.15) is 50.1 Å². The van der Waals surface area contributed by atoms with Gasteiger partial charge in [-0.3, -0.25) is 4.98 Å². The maximum absolute atomic E-state index is 5.69. The van der Waals surface area contributed by atoms with Gasteiger partial charge in [0.15, 0.2) is 0 Å². The Balaban J connectivity index is 0.000000291. The van der Waals surface area contributed by atoms with E-state index >= 15 is 0 Å². The summed E-state index contributed by atoms with van der Waals surface area (Å²) in [6.07, 6.45) is 3.65. The molecule has 0 saturated heterocycles. The molecule has 4 heteroatoms. The Kier molecular flexibility index (Phi) is 18.6. The van der Waals surface area contributed by atoms with Crippen LogP contribution in [0.3, 0.4) is 0 Å². The molecule has 0 amide bonds. The molecule has 3 nitrogen and oxygen atoms in total. The number of rotatable bonds is 2. The Bertz CT molecular complexity index is 1590. The number of thiophene rings is 1. The van der Waals surface area contributed by atoms with Crippen molar-refractivity contribution in [1.29, 1.82) is 0 Å². The lowest BCUT2D eigenvalue weighted by Gasteiger charge is -2.02. The number of aryl methyl sites for hydroxylation is 3. The maximum atomic E-state index is 5.69. The van der Waals surface area contributed by atoms with E-state index < -0.39 is 0 Å². The number of pyridine rings is 1. The molecule has 0 saturated carbocycles. The van der Waals surface area contributed by atoms with Crippen molar-refractivity contribution in [1.82, 2.24) is 4.98 Å². The monoisotopic (exact) mass is 603 g/mol. The van der Waals surface area contributed by atoms with Crippen LogP contribution in [0.4, 0.5) is 11.4 Å². The Hall–Kier alpha value is -4.67. The van der Waals surface area contributed by atoms with Crippen molar-refractivity contribution in [2.45, 2.75) is 48.5 Å². The van der Waals surface area contributed by atoms with Crippen LogP contribution in [-0.4, -0.2) is 4.98 Å². The number of anilines is 2. The van der Waals surface area contributed by atoms with Crippen LogP contribution in [0.2, 0.25) is 0 Å². The number of hydrogen-bond donors (Lipinski definition) is 2. The first kappa shape index (κ1) is 37.4. The topological polar surface area (TPSA) is 64.9 Å². The number of nitrogens with zero attached hydrogens (tertiary/aromatic N) is 1. The molecule has 0 atom stereocenters. The van der Waals surface area contributed by atoms with Crippen molar-refractivity contribution >= 4 is 38.9 Å². The second-order valence-corrected chi connectivity index (χ2v) is 10.2. The third-order valence-corrected chi connectivity index (χ3v) is 6.78. The highest BCUT2D eigenvalue weighted by Crippen LogP contribution is 2.26. The minimum Gasteiger partial charge on any atom is -0.399 e. The molecule has 230 valence electrons. The van der Waals surface area contributed by atoms with Crippen molar-refractivity contribution in [3.8, 4) is 11.1 Å². The highest BCUT2D eigenvalue weighted by Gasteiger charge is 1.99. The second-order valence-electron chi connectivity index (χ2n) is 9.25. The van der Waals surface area contributed by atoms with Crippen LogP contribution in [0.5, 0.6) is 0 Å². The van der Waals surface area contributed by atoms with Gasteiger partial charge in [-0.05, 0) is 96.3 Å². The molecule has 0 fully saturated rings. The van der Waals surface area contributed by atoms with Crippen molar-refractivity contribution in [3.05, 3.63) is 156 Å². The van der Waals surface area contributed by atoms with E-state index in [9.17, 15) is 0 Å². The molecule has 0 radical (unpaired) electrons. The van der Waals surface area contributed by atoms with Crippen LogP contribution in [0.25, 0.3) is 27.3 Å². The molecule has 2 heterocycles. The van der Waals surface area contributed by atoms with E-state index in [0.717, 1.165) is 17.1 Å². The third kappa shape index (κ3) is 14.0. The van der Waals surface area contributed by atoms with Gasteiger partial charge in [-0.15, -0.1) is 11.3 Å². The molecular weight excluding hydrogens is 555 g/mol. The molecule has 2 aromatic heterocycles. The molecule has 44 heavy (non-hydrogen) atoms. The lowest BCUT2D eigenvalue weighted by Crippen LogP contribution is -1.85. The smallest absolute Gasteiger partial charge is 0.0378 e. The zero-order valence-electron chi connectivity index (χ0n) is 27.4. The predicted octanol–water partition coefficient (Wildman–Crippen LogP) is 11.8. The SMILES string of the molecule is C=Cc1ccccc1.CC.CC.Cc1cc(-c2ccc(N)cc2)ccn1.Cc1cc(N)cc2sccc12.Cc1ccccc1. The quantitative estimate of drug-likeness (QED) is 0.193. The average Bonchev–Trinajstić information content (AvgIpc) is 3.54. The molecule has 0 aliphatic heterocycles. The summed E-state index contributed by atoms with van der Waals surface area (Å²) in [5, 5.41) is 3.42. The summed E-state index contributed by atoms with van der Waals surface area (Å²) in [7, 11) is 0. The van der Waals surface area contributed by atoms with Crippen molar-refractivity contribution in [2.24, 2.45) is 0 Å². The standard InChI is InChI=1S/C12H12N2.C9H9NS.C8H8.C7H8.2C2H6/c1-9-8-11(6-7-14-9)10-2-4-12(13)5-3-10;1-6-4-7(10)5-9-8(6)2-3-11-9;1-2-8-6-4-3-5-7-8;1-7-5-3-2-4-6-7;2*1-2/h2-8H,13H2,1H3;2-5H,10H2,1H3;2-7H,1H2;2-6H,1H3;2*1-2H3. The lowest BCUT2D eigenvalue weighted by atomic mass is 10.1. The Morgan fingerprint density at radius 2 is 1.23 bits per heavy atom. The van der Waals surface area contributed by atoms with Gasteiger partial charge in [-0.25, -0.2) is 0 Å². The highest BCUT2D eigenvalue weighted by molar-refractivity contribution is 7.17. The number of fused-ring (bicyclic) bond motifs is 1. The highest BCUT2D eigenvalue weighted by atomic mass is 32.1. The number of benzene rings is 4. The number of nitrogen functional groups attached to an aromatic ring is 2. The molecule has 0 unspecified atom stereocenters. The molecular formula is C40H49N3S. The summed E-state index contributed by atoms with van der Waals surface area (Å²) in [6.45, 7) is 17.8. The fraction of sp³-hybridized carbons (Fsp3) is 0.175. The zero-order chi connectivity index (χ0) is 32.7. The molecule has 0 bridgehead atoms. The van der Waals surface area contributed by atoms with Gasteiger partial charge >= 0.3 is 0 Å². The average molecular weight is 604 g/mol. The van der Waals surface area contributed by atoms with Crippen molar-refractivity contribution < 1.29 is 0 Å². The number of aromatic nitrogens is 1. The van der Waals surface area contributed by atoms with Crippen LogP contribution < -0.4 is 11.5 Å². The molecule has 0 spiro atoms. The van der Waals surface area contributed by atoms with Gasteiger partial charge in [-0.2, -0.15) is 0 Å². The van der Waals surface area contributed by atoms with E-state index in [4.69, 9.17) is 11.5 Å². The fourth-order valence-corrected chi connectivity index (χ4v) is 4.71. The first-order valence-corrected chi connectivity index (χ1v) is 15.9. The molecule has 0 aliphatic rings. The summed E-state index contributed by atoms with van der Waals surface area (Å²) < 4.78 is 1.28. The van der Waals surface area contributed by atoms with Gasteiger partial charge < -0.3 is 11.5 Å². The van der Waals surface area contributed by atoms with Crippen LogP contribution in [0, 0.1) is 20.8 Å². The van der Waals surface area contributed by atoms with E-state index in [1.54, 1.807) is 11.3 Å². The van der Waals surface area contributed by atoms with E-state index in [1.165, 1.54) is 37.9 Å². The van der Waals surface area contributed by atoms with Crippen molar-refractivity contribution in [2.75, 3.05) is 11.5 Å². The molecule has 0 aliphatic carbocycles. The molecule has 4 N–H and O–H groups in total. The number of nitrogens with two attached hydrogens (primary N) is 2. The predicted molar refractivity (Wildman–Crippen MR) is 200 cm³/mol. The van der Waals surface area contributed by atoms with Crippen LogP contribution >= 0.6 is 11.3 Å². The Labute approximate surface area is 270 Å². The summed E-state index contributed by atoms with van der Waals surface area (Å²) >= 11 is 1.74. The summed E-state index contributed by atoms with van der Waals surface area (Å²) in [4.78, 5) is 4.16. The Morgan fingerprint density at radius 1 is 0.636 bits per heavy atom. The van der Waals surface area contributed by atoms with Gasteiger partial charge in [0, 0.05) is 28.0 Å². The molecule has 6 rings (SSSR count). The summed E-state index contributed by atoms with van der Waals surface area (Å²) in [6, 6.07) is 38.4. The third-order valence-electron chi connectivity index (χ3n) is 5.92. The normalized spacial score (nSPS) is 9.07. The molecule has 4 aromatic carbocycles. The first-order valence-electron chi connectivity index (χ1n) is 15.1. The minimum absolute atomic E-state index is 0.791. The minimum atomic E-state index is 0.791. The largest absolute Gasteiger partial charge is 0.399 e. The Morgan fingerprint density at radius 3 is 1.73 bits per heavy atom. The van der Waals surface area contributed by atoms with Crippen LogP contribution in [0.15, 0.2) is 133 Å². The van der Waals surface area contributed by atoms with Gasteiger partial charge in [0.05, 0.1) is 0 Å². The fourth-order valence-electron chi connectivity index (χ4n) is 3.80. The van der Waals surface area contributed by atoms with E-state index in [1.807, 2.05) is 138 Å². The first-order chi connectivity index (χ1) is 21.4. The second kappa shape index (κ2) is 21.9. The molecule has 6 aromatic rings. The zero-order valence-corrected chi connectivity index (χ0v) is 28.2. The van der Waals surface area contributed by atoms with Gasteiger partial charge in [0.1, 0.15) is 0 Å². The lowest BCUT2D eigenvalue weighted by molar-refractivity contribution is 1.20. The van der Waals surface area contributed by atoms with Gasteiger partial charge in [-0.1, -0.05) is 119 Å². The van der Waals surface area contributed by atoms with Crippen LogP contribution in [-0.2, 0) is 0 Å². The van der Waals surface area contributed by atoms with Gasteiger partial charge in [0.25, 0.3) is 0 Å². The van der Waals surface area contributed by atoms with E-state index in [2.05, 4.69) is 55.1 Å². The van der Waals surface area contributed by atoms with E-state index in [0.29, 0.717) is 0 Å². The van der Waals surface area contributed by atoms with Gasteiger partial charge in [0.2, 0.25) is 0 Å². The van der Waals surface area contributed by atoms with E-state index in [-0.39, 0.29) is 0 Å². The summed E-state index contributed by atoms with van der Waals surface area (Å²) in [5.41, 5.74) is 20.1. The summed E-state index contributed by atoms with van der Waals surface area (Å²) in [5.74, 6) is 0. The van der Waals surface area contributed by atoms with Crippen molar-refractivity contribution in [3.63, 3.8) is 0 Å². The number of hydrogen-bond acceptors (Lipinski definition) is 4.